The van der Waals surface area contributed by atoms with E-state index in [1.807, 2.05) is 0 Å². The van der Waals surface area contributed by atoms with Gasteiger partial charge in [0.2, 0.25) is 0 Å². The maximum Gasteiger partial charge on any atom is 0.301 e. The summed E-state index contributed by atoms with van der Waals surface area (Å²) in [4.78, 5) is 32.7. The van der Waals surface area contributed by atoms with Gasteiger partial charge in [0.25, 0.3) is 5.78 Å². The Morgan fingerprint density at radius 1 is 0.946 bits per heavy atom. The van der Waals surface area contributed by atoms with Gasteiger partial charge in [0, 0.05) is 11.1 Å². The van der Waals surface area contributed by atoms with Gasteiger partial charge in [0.1, 0.15) is 34.9 Å². The third-order valence-corrected chi connectivity index (χ3v) is 7.10. The number of Topliss-reactive ketones (excluding diaryl/α,β-unsaturated/α-hetero) is 1. The van der Waals surface area contributed by atoms with Crippen molar-refractivity contribution >= 4 is 44.1 Å². The summed E-state index contributed by atoms with van der Waals surface area (Å²) < 4.78 is 30.5. The average molecular weight is 521 g/mol. The number of nitrogens with zero attached hydrogens (tertiary/aromatic N) is 2. The summed E-state index contributed by atoms with van der Waals surface area (Å²) in [6, 6.07) is 14.1. The summed E-state index contributed by atoms with van der Waals surface area (Å²) in [5, 5.41) is 11.5. The minimum Gasteiger partial charge on any atom is -0.507 e. The molecule has 10 heteroatoms. The highest BCUT2D eigenvalue weighted by Gasteiger charge is 2.49. The molecule has 0 aliphatic carbocycles. The van der Waals surface area contributed by atoms with Gasteiger partial charge in [-0.15, -0.1) is 0 Å². The number of amides is 1. The molecule has 3 aromatic carbocycles. The molecule has 0 saturated carbocycles. The third kappa shape index (κ3) is 4.15. The van der Waals surface area contributed by atoms with Crippen LogP contribution in [0.15, 0.2) is 66.2 Å². The normalized spacial score (nSPS) is 16.9. The molecule has 188 valence electrons. The van der Waals surface area contributed by atoms with Gasteiger partial charge in [0.15, 0.2) is 5.13 Å². The van der Waals surface area contributed by atoms with Gasteiger partial charge >= 0.3 is 5.91 Å². The van der Waals surface area contributed by atoms with Crippen LogP contribution >= 0.6 is 11.3 Å². The van der Waals surface area contributed by atoms with Gasteiger partial charge in [-0.1, -0.05) is 11.3 Å². The van der Waals surface area contributed by atoms with Gasteiger partial charge in [-0.25, -0.2) is 9.37 Å². The van der Waals surface area contributed by atoms with Crippen LogP contribution in [0.1, 0.15) is 17.2 Å². The minimum atomic E-state index is -1.10. The van der Waals surface area contributed by atoms with Crippen molar-refractivity contribution in [3.63, 3.8) is 0 Å². The van der Waals surface area contributed by atoms with E-state index in [2.05, 4.69) is 4.98 Å². The number of ketones is 1. The SMILES string of the molecule is COc1ccc(OC)c(C2/C(=C(\O)c3ccc(F)cc3)C(=O)C(=O)N2c2nc3ccc(OC)cc3s2)c1. The lowest BCUT2D eigenvalue weighted by Crippen LogP contribution is -2.29. The topological polar surface area (TPSA) is 98.2 Å². The molecule has 5 rings (SSSR count). The van der Waals surface area contributed by atoms with Crippen molar-refractivity contribution in [2.75, 3.05) is 26.2 Å². The monoisotopic (exact) mass is 520 g/mol. The van der Waals surface area contributed by atoms with E-state index < -0.39 is 29.3 Å². The van der Waals surface area contributed by atoms with Crippen molar-refractivity contribution < 1.29 is 33.3 Å². The lowest BCUT2D eigenvalue weighted by Gasteiger charge is -2.25. The second-order valence-corrected chi connectivity index (χ2v) is 9.12. The van der Waals surface area contributed by atoms with Gasteiger partial charge in [0.05, 0.1) is 37.1 Å². The smallest absolute Gasteiger partial charge is 0.301 e. The molecule has 1 amide bonds. The highest BCUT2D eigenvalue weighted by Crippen LogP contribution is 2.47. The van der Waals surface area contributed by atoms with E-state index in [0.717, 1.165) is 16.8 Å². The Labute approximate surface area is 215 Å². The molecule has 1 aromatic heterocycles. The fourth-order valence-corrected chi connectivity index (χ4v) is 5.28. The van der Waals surface area contributed by atoms with Crippen LogP contribution in [0.3, 0.4) is 0 Å². The molecule has 0 bridgehead atoms. The predicted octanol–water partition coefficient (Wildman–Crippen LogP) is 5.09. The first-order valence-electron chi connectivity index (χ1n) is 11.1. The molecule has 4 aromatic rings. The van der Waals surface area contributed by atoms with Crippen LogP contribution in [0.2, 0.25) is 0 Å². The summed E-state index contributed by atoms with van der Waals surface area (Å²) >= 11 is 1.20. The lowest BCUT2D eigenvalue weighted by atomic mass is 9.94. The second-order valence-electron chi connectivity index (χ2n) is 8.11. The van der Waals surface area contributed by atoms with Crippen LogP contribution in [-0.2, 0) is 9.59 Å². The Morgan fingerprint density at radius 2 is 1.62 bits per heavy atom. The Kier molecular flexibility index (Phi) is 6.26. The zero-order chi connectivity index (χ0) is 26.3. The zero-order valence-electron chi connectivity index (χ0n) is 20.0. The fourth-order valence-electron chi connectivity index (χ4n) is 4.26. The van der Waals surface area contributed by atoms with E-state index >= 15 is 0 Å². The number of carbonyl (C=O) groups excluding carboxylic acids is 2. The minimum absolute atomic E-state index is 0.181. The number of anilines is 1. The van der Waals surface area contributed by atoms with E-state index in [1.54, 1.807) is 43.5 Å². The third-order valence-electron chi connectivity index (χ3n) is 6.08. The summed E-state index contributed by atoms with van der Waals surface area (Å²) in [5.41, 5.74) is 1.01. The molecule has 0 radical (unpaired) electrons. The number of benzene rings is 3. The molecule has 1 N–H and O–H groups in total. The fraction of sp³-hybridized carbons (Fsp3) is 0.148. The lowest BCUT2D eigenvalue weighted by molar-refractivity contribution is -0.132. The number of fused-ring (bicyclic) bond motifs is 1. The van der Waals surface area contributed by atoms with E-state index in [-0.39, 0.29) is 16.3 Å². The molecular formula is C27H21FN2O6S. The number of aliphatic hydroxyl groups excluding tert-OH is 1. The van der Waals surface area contributed by atoms with E-state index in [1.165, 1.54) is 42.6 Å². The average Bonchev–Trinajstić information content (AvgIpc) is 3.45. The van der Waals surface area contributed by atoms with Crippen molar-refractivity contribution in [1.29, 1.82) is 0 Å². The predicted molar refractivity (Wildman–Crippen MR) is 137 cm³/mol. The molecular weight excluding hydrogens is 499 g/mol. The number of carbonyl (C=O) groups is 2. The molecule has 1 aliphatic heterocycles. The number of hydrogen-bond donors (Lipinski definition) is 1. The van der Waals surface area contributed by atoms with Crippen LogP contribution in [0.4, 0.5) is 9.52 Å². The highest BCUT2D eigenvalue weighted by molar-refractivity contribution is 7.22. The quantitative estimate of drug-likeness (QED) is 0.215. The number of methoxy groups -OCH3 is 3. The largest absolute Gasteiger partial charge is 0.507 e. The highest BCUT2D eigenvalue weighted by atomic mass is 32.1. The summed E-state index contributed by atoms with van der Waals surface area (Å²) in [5.74, 6) is -1.29. The first kappa shape index (κ1) is 24.3. The zero-order valence-corrected chi connectivity index (χ0v) is 20.8. The van der Waals surface area contributed by atoms with Crippen LogP contribution in [0.25, 0.3) is 16.0 Å². The van der Waals surface area contributed by atoms with Crippen molar-refractivity contribution in [2.45, 2.75) is 6.04 Å². The summed E-state index contributed by atoms with van der Waals surface area (Å²) in [6.45, 7) is 0. The molecule has 1 fully saturated rings. The van der Waals surface area contributed by atoms with Crippen molar-refractivity contribution in [2.24, 2.45) is 0 Å². The molecule has 1 atom stereocenters. The molecule has 2 heterocycles. The van der Waals surface area contributed by atoms with Gasteiger partial charge in [-0.05, 0) is 60.7 Å². The summed E-state index contributed by atoms with van der Waals surface area (Å²) in [7, 11) is 4.50. The number of ether oxygens (including phenoxy) is 3. The Morgan fingerprint density at radius 3 is 2.30 bits per heavy atom. The standard InChI is InChI=1S/C27H21FN2O6S/c1-34-16-9-11-20(36-3)18(12-16)23-22(24(31)14-4-6-15(28)7-5-14)25(32)26(33)30(23)27-29-19-10-8-17(35-2)13-21(19)37-27/h4-13,23,31H,1-3H3/b24-22+. The number of aromatic nitrogens is 1. The molecule has 0 spiro atoms. The van der Waals surface area contributed by atoms with Gasteiger partial charge in [-0.2, -0.15) is 0 Å². The maximum atomic E-state index is 13.6. The Bertz CT molecular complexity index is 1560. The first-order chi connectivity index (χ1) is 17.9. The van der Waals surface area contributed by atoms with Crippen LogP contribution in [0, 0.1) is 5.82 Å². The van der Waals surface area contributed by atoms with Gasteiger partial charge < -0.3 is 19.3 Å². The van der Waals surface area contributed by atoms with Crippen LogP contribution in [-0.4, -0.2) is 43.1 Å². The molecule has 1 unspecified atom stereocenters. The second kappa shape index (κ2) is 9.55. The Balaban J connectivity index is 1.77. The number of hydrogen-bond acceptors (Lipinski definition) is 8. The maximum absolute atomic E-state index is 13.6. The van der Waals surface area contributed by atoms with Crippen molar-refractivity contribution in [3.8, 4) is 17.2 Å². The van der Waals surface area contributed by atoms with Crippen molar-refractivity contribution in [1.82, 2.24) is 4.98 Å². The molecule has 1 saturated heterocycles. The van der Waals surface area contributed by atoms with Crippen LogP contribution < -0.4 is 19.1 Å². The number of thiazole rings is 1. The molecule has 1 aliphatic rings. The Hall–Kier alpha value is -4.44. The molecule has 8 nitrogen and oxygen atoms in total. The number of rotatable bonds is 6. The van der Waals surface area contributed by atoms with Gasteiger partial charge in [-0.3, -0.25) is 14.5 Å². The van der Waals surface area contributed by atoms with Crippen molar-refractivity contribution in [3.05, 3.63) is 83.2 Å². The molecule has 37 heavy (non-hydrogen) atoms. The number of halogens is 1. The van der Waals surface area contributed by atoms with Crippen LogP contribution in [0.5, 0.6) is 17.2 Å². The summed E-state index contributed by atoms with van der Waals surface area (Å²) in [6.07, 6.45) is 0. The van der Waals surface area contributed by atoms with E-state index in [9.17, 15) is 19.1 Å². The number of aliphatic hydroxyl groups is 1. The first-order valence-corrected chi connectivity index (χ1v) is 11.9. The van der Waals surface area contributed by atoms with E-state index in [4.69, 9.17) is 14.2 Å². The van der Waals surface area contributed by atoms with E-state index in [0.29, 0.717) is 28.3 Å².